The molecule has 0 spiro atoms. The van der Waals surface area contributed by atoms with Crippen LogP contribution in [0.25, 0.3) is 0 Å². The first-order valence-corrected chi connectivity index (χ1v) is 9.17. The maximum atomic E-state index is 11.6. The zero-order valence-electron chi connectivity index (χ0n) is 16.8. The maximum absolute atomic E-state index is 11.6. The molecule has 1 aliphatic carbocycles. The summed E-state index contributed by atoms with van der Waals surface area (Å²) in [6.07, 6.45) is 3.97. The van der Waals surface area contributed by atoms with Crippen LogP contribution in [0.15, 0.2) is 23.3 Å². The number of hydrogen-bond donors (Lipinski definition) is 0. The molecular weight excluding hydrogens is 352 g/mol. The van der Waals surface area contributed by atoms with E-state index in [4.69, 9.17) is 18.9 Å². The molecule has 27 heavy (non-hydrogen) atoms. The van der Waals surface area contributed by atoms with Crippen molar-refractivity contribution in [3.8, 4) is 0 Å². The highest BCUT2D eigenvalue weighted by Gasteiger charge is 2.35. The Labute approximate surface area is 160 Å². The molecule has 0 saturated carbocycles. The van der Waals surface area contributed by atoms with E-state index in [1.54, 1.807) is 0 Å². The fourth-order valence-electron chi connectivity index (χ4n) is 2.73. The second kappa shape index (κ2) is 11.5. The maximum Gasteiger partial charge on any atom is 0.303 e. The van der Waals surface area contributed by atoms with Gasteiger partial charge in [-0.15, -0.1) is 0 Å². The second-order valence-corrected chi connectivity index (χ2v) is 6.62. The summed E-state index contributed by atoms with van der Waals surface area (Å²) in [6, 6.07) is 0. The van der Waals surface area contributed by atoms with Gasteiger partial charge in [0.15, 0.2) is 6.10 Å². The summed E-state index contributed by atoms with van der Waals surface area (Å²) < 4.78 is 21.7. The molecule has 0 saturated heterocycles. The molecule has 0 fully saturated rings. The highest BCUT2D eigenvalue weighted by molar-refractivity contribution is 5.67. The zero-order valence-corrected chi connectivity index (χ0v) is 16.8. The van der Waals surface area contributed by atoms with Gasteiger partial charge in [0.05, 0.1) is 6.61 Å². The van der Waals surface area contributed by atoms with Crippen molar-refractivity contribution in [1.29, 1.82) is 0 Å². The van der Waals surface area contributed by atoms with Crippen LogP contribution in [-0.4, -0.2) is 49.4 Å². The molecule has 0 N–H and O–H groups in total. The van der Waals surface area contributed by atoms with Crippen molar-refractivity contribution in [1.82, 2.24) is 0 Å². The minimum Gasteiger partial charge on any atom is -0.463 e. The lowest BCUT2D eigenvalue weighted by Crippen LogP contribution is -2.46. The lowest BCUT2D eigenvalue weighted by molar-refractivity contribution is -0.184. The molecule has 0 aromatic rings. The Morgan fingerprint density at radius 3 is 2.11 bits per heavy atom. The Bertz CT molecular complexity index is 591. The summed E-state index contributed by atoms with van der Waals surface area (Å²) >= 11 is 0. The van der Waals surface area contributed by atoms with E-state index < -0.39 is 36.2 Å². The molecule has 7 nitrogen and oxygen atoms in total. The molecule has 0 aromatic heterocycles. The summed E-state index contributed by atoms with van der Waals surface area (Å²) in [5.74, 6) is -1.49. The predicted molar refractivity (Wildman–Crippen MR) is 98.8 cm³/mol. The monoisotopic (exact) mass is 382 g/mol. The molecule has 1 aliphatic rings. The molecule has 0 heterocycles. The standard InChI is InChI=1S/C20H30O7/c1-6-18(26-15(4)22)20(27-16(5)23)19(12-24-14(3)21)25-11-17-9-7-13(2)8-10-17/h7,9,18-20H,6,8,10-12H2,1-5H3/t18?,19?,20-/m0/s1. The number of allylic oxidation sites excluding steroid dienone is 3. The molecule has 2 unspecified atom stereocenters. The Balaban J connectivity index is 2.96. The van der Waals surface area contributed by atoms with E-state index in [1.807, 2.05) is 19.1 Å². The molecule has 0 radical (unpaired) electrons. The van der Waals surface area contributed by atoms with Gasteiger partial charge in [-0.25, -0.2) is 0 Å². The topological polar surface area (TPSA) is 88.1 Å². The van der Waals surface area contributed by atoms with E-state index in [1.165, 1.54) is 26.3 Å². The van der Waals surface area contributed by atoms with E-state index in [0.717, 1.165) is 18.4 Å². The summed E-state index contributed by atoms with van der Waals surface area (Å²) in [5, 5.41) is 0. The second-order valence-electron chi connectivity index (χ2n) is 6.62. The fourth-order valence-corrected chi connectivity index (χ4v) is 2.73. The van der Waals surface area contributed by atoms with E-state index in [2.05, 4.69) is 6.92 Å². The van der Waals surface area contributed by atoms with Crippen molar-refractivity contribution >= 4 is 17.9 Å². The minimum absolute atomic E-state index is 0.104. The summed E-state index contributed by atoms with van der Waals surface area (Å²) in [7, 11) is 0. The number of carbonyl (C=O) groups excluding carboxylic acids is 3. The van der Waals surface area contributed by atoms with Gasteiger partial charge in [0, 0.05) is 20.8 Å². The van der Waals surface area contributed by atoms with Gasteiger partial charge in [0.1, 0.15) is 18.8 Å². The third-order valence-electron chi connectivity index (χ3n) is 4.13. The smallest absolute Gasteiger partial charge is 0.303 e. The lowest BCUT2D eigenvalue weighted by atomic mass is 10.00. The van der Waals surface area contributed by atoms with Crippen LogP contribution in [0.5, 0.6) is 0 Å². The molecular formula is C20H30O7. The predicted octanol–water partition coefficient (Wildman–Crippen LogP) is 2.87. The third kappa shape index (κ3) is 8.86. The van der Waals surface area contributed by atoms with E-state index >= 15 is 0 Å². The largest absolute Gasteiger partial charge is 0.463 e. The Hall–Kier alpha value is -2.15. The van der Waals surface area contributed by atoms with Gasteiger partial charge >= 0.3 is 17.9 Å². The van der Waals surface area contributed by atoms with Crippen LogP contribution in [0.4, 0.5) is 0 Å². The Morgan fingerprint density at radius 1 is 0.963 bits per heavy atom. The van der Waals surface area contributed by atoms with Gasteiger partial charge in [-0.05, 0) is 31.8 Å². The number of ether oxygens (including phenoxy) is 4. The minimum atomic E-state index is -0.878. The van der Waals surface area contributed by atoms with Crippen molar-refractivity contribution in [3.63, 3.8) is 0 Å². The Kier molecular flexibility index (Phi) is 9.78. The molecule has 3 atom stereocenters. The van der Waals surface area contributed by atoms with Gasteiger partial charge in [0.25, 0.3) is 0 Å². The summed E-state index contributed by atoms with van der Waals surface area (Å²) in [5.41, 5.74) is 2.39. The van der Waals surface area contributed by atoms with Crippen LogP contribution in [0.3, 0.4) is 0 Å². The zero-order chi connectivity index (χ0) is 20.4. The lowest BCUT2D eigenvalue weighted by Gasteiger charge is -2.32. The van der Waals surface area contributed by atoms with Crippen molar-refractivity contribution in [2.24, 2.45) is 0 Å². The fraction of sp³-hybridized carbons (Fsp3) is 0.650. The molecule has 0 aliphatic heterocycles. The molecule has 0 aromatic carbocycles. The van der Waals surface area contributed by atoms with Crippen molar-refractivity contribution in [2.75, 3.05) is 13.2 Å². The summed E-state index contributed by atoms with van der Waals surface area (Å²) in [6.45, 7) is 7.93. The van der Waals surface area contributed by atoms with Crippen molar-refractivity contribution in [2.45, 2.75) is 72.2 Å². The first kappa shape index (κ1) is 22.9. The first-order chi connectivity index (χ1) is 12.7. The highest BCUT2D eigenvalue weighted by atomic mass is 16.6. The van der Waals surface area contributed by atoms with Crippen molar-refractivity contribution < 1.29 is 33.3 Å². The third-order valence-corrected chi connectivity index (χ3v) is 4.13. The number of esters is 3. The normalized spacial score (nSPS) is 17.1. The number of carbonyl (C=O) groups is 3. The van der Waals surface area contributed by atoms with Crippen LogP contribution in [0.1, 0.15) is 53.9 Å². The molecule has 152 valence electrons. The van der Waals surface area contributed by atoms with E-state index in [9.17, 15) is 14.4 Å². The van der Waals surface area contributed by atoms with Crippen LogP contribution >= 0.6 is 0 Å². The molecule has 0 amide bonds. The molecule has 7 heteroatoms. The van der Waals surface area contributed by atoms with Gasteiger partial charge in [-0.3, -0.25) is 14.4 Å². The van der Waals surface area contributed by atoms with Crippen molar-refractivity contribution in [3.05, 3.63) is 23.3 Å². The average Bonchev–Trinajstić information content (AvgIpc) is 2.59. The Morgan fingerprint density at radius 2 is 1.63 bits per heavy atom. The van der Waals surface area contributed by atoms with Gasteiger partial charge in [-0.2, -0.15) is 0 Å². The highest BCUT2D eigenvalue weighted by Crippen LogP contribution is 2.21. The van der Waals surface area contributed by atoms with Gasteiger partial charge < -0.3 is 18.9 Å². The number of hydrogen-bond acceptors (Lipinski definition) is 7. The van der Waals surface area contributed by atoms with E-state index in [-0.39, 0.29) is 6.61 Å². The SMILES string of the molecule is CCC(OC(C)=O)[C@H](OC(C)=O)C(COC(C)=O)OCC1=CC=C(C)CC1. The number of rotatable bonds is 10. The summed E-state index contributed by atoms with van der Waals surface area (Å²) in [4.78, 5) is 34.3. The first-order valence-electron chi connectivity index (χ1n) is 9.17. The average molecular weight is 382 g/mol. The molecule has 0 bridgehead atoms. The van der Waals surface area contributed by atoms with Crippen LogP contribution < -0.4 is 0 Å². The quantitative estimate of drug-likeness (QED) is 0.424. The van der Waals surface area contributed by atoms with E-state index in [0.29, 0.717) is 13.0 Å². The van der Waals surface area contributed by atoms with Crippen LogP contribution in [-0.2, 0) is 33.3 Å². The van der Waals surface area contributed by atoms with Gasteiger partial charge in [0.2, 0.25) is 0 Å². The van der Waals surface area contributed by atoms with Crippen LogP contribution in [0, 0.1) is 0 Å². The molecule has 1 rings (SSSR count). The van der Waals surface area contributed by atoms with Crippen LogP contribution in [0.2, 0.25) is 0 Å². The van der Waals surface area contributed by atoms with Gasteiger partial charge in [-0.1, -0.05) is 24.6 Å².